The van der Waals surface area contributed by atoms with E-state index in [4.69, 9.17) is 14.2 Å². The number of nitrogens with one attached hydrogen (secondary N) is 1. The molecule has 0 spiro atoms. The second-order valence-corrected chi connectivity index (χ2v) is 9.27. The van der Waals surface area contributed by atoms with Gasteiger partial charge in [-0.2, -0.15) is 0 Å². The van der Waals surface area contributed by atoms with Crippen molar-refractivity contribution in [2.75, 3.05) is 18.8 Å². The molecule has 36 heavy (non-hydrogen) atoms. The van der Waals surface area contributed by atoms with Crippen molar-refractivity contribution in [3.63, 3.8) is 0 Å². The standard InChI is InChI=1S/C29H30N2O5/c1-18-8-11-21(12-9-18)31-27(32)15-13-23(28(31)22-6-4-5-7-24(22)34-3)29(33)30-19(2)20-10-14-25-26(16-20)36-17-35-25/h4-12,14,16,19,23,28H,13,15,17H2,1-3H3,(H,30,33). The van der Waals surface area contributed by atoms with Crippen LogP contribution in [0.3, 0.4) is 0 Å². The second kappa shape index (κ2) is 9.93. The number of para-hydroxylation sites is 1. The highest BCUT2D eigenvalue weighted by atomic mass is 16.7. The topological polar surface area (TPSA) is 77.1 Å². The summed E-state index contributed by atoms with van der Waals surface area (Å²) in [6.07, 6.45) is 0.736. The van der Waals surface area contributed by atoms with Gasteiger partial charge < -0.3 is 24.4 Å². The molecule has 2 aliphatic heterocycles. The fourth-order valence-electron chi connectivity index (χ4n) is 5.03. The summed E-state index contributed by atoms with van der Waals surface area (Å²) in [4.78, 5) is 28.9. The average molecular weight is 487 g/mol. The number of hydrogen-bond donors (Lipinski definition) is 1. The van der Waals surface area contributed by atoms with Crippen LogP contribution in [0.4, 0.5) is 5.69 Å². The van der Waals surface area contributed by atoms with E-state index >= 15 is 0 Å². The molecule has 7 nitrogen and oxygen atoms in total. The van der Waals surface area contributed by atoms with Gasteiger partial charge in [-0.3, -0.25) is 9.59 Å². The number of nitrogens with zero attached hydrogens (tertiary/aromatic N) is 1. The molecule has 1 N–H and O–H groups in total. The first kappa shape index (κ1) is 23.7. The van der Waals surface area contributed by atoms with Crippen LogP contribution >= 0.6 is 0 Å². The molecular formula is C29H30N2O5. The number of hydrogen-bond acceptors (Lipinski definition) is 5. The highest BCUT2D eigenvalue weighted by Gasteiger charge is 2.43. The molecule has 3 unspecified atom stereocenters. The molecule has 0 radical (unpaired) electrons. The monoisotopic (exact) mass is 486 g/mol. The maximum Gasteiger partial charge on any atom is 0.231 e. The van der Waals surface area contributed by atoms with Gasteiger partial charge in [-0.1, -0.05) is 42.0 Å². The van der Waals surface area contributed by atoms with E-state index in [0.717, 1.165) is 22.4 Å². The lowest BCUT2D eigenvalue weighted by Gasteiger charge is -2.41. The molecule has 3 atom stereocenters. The summed E-state index contributed by atoms with van der Waals surface area (Å²) in [6, 6.07) is 20.4. The summed E-state index contributed by atoms with van der Waals surface area (Å²) >= 11 is 0. The zero-order chi connectivity index (χ0) is 25.2. The summed E-state index contributed by atoms with van der Waals surface area (Å²) in [7, 11) is 1.61. The first-order valence-electron chi connectivity index (χ1n) is 12.2. The molecular weight excluding hydrogens is 456 g/mol. The van der Waals surface area contributed by atoms with E-state index in [1.54, 1.807) is 12.0 Å². The largest absolute Gasteiger partial charge is 0.496 e. The minimum Gasteiger partial charge on any atom is -0.496 e. The highest BCUT2D eigenvalue weighted by molar-refractivity contribution is 5.97. The quantitative estimate of drug-likeness (QED) is 0.525. The summed E-state index contributed by atoms with van der Waals surface area (Å²) in [5.74, 6) is 1.44. The van der Waals surface area contributed by atoms with Crippen molar-refractivity contribution in [1.82, 2.24) is 5.32 Å². The molecule has 3 aromatic carbocycles. The molecule has 5 rings (SSSR count). The summed E-state index contributed by atoms with van der Waals surface area (Å²) in [5.41, 5.74) is 3.60. The van der Waals surface area contributed by atoms with Crippen molar-refractivity contribution >= 4 is 17.5 Å². The number of ether oxygens (including phenoxy) is 3. The van der Waals surface area contributed by atoms with Crippen LogP contribution in [0.1, 0.15) is 48.5 Å². The fourth-order valence-corrected chi connectivity index (χ4v) is 5.03. The molecule has 186 valence electrons. The van der Waals surface area contributed by atoms with Gasteiger partial charge in [-0.25, -0.2) is 0 Å². The zero-order valence-electron chi connectivity index (χ0n) is 20.7. The number of fused-ring (bicyclic) bond motifs is 1. The molecule has 2 heterocycles. The average Bonchev–Trinajstić information content (AvgIpc) is 3.37. The number of anilines is 1. The van der Waals surface area contributed by atoms with Crippen LogP contribution < -0.4 is 24.4 Å². The van der Waals surface area contributed by atoms with Crippen molar-refractivity contribution in [3.8, 4) is 17.2 Å². The van der Waals surface area contributed by atoms with E-state index in [9.17, 15) is 9.59 Å². The van der Waals surface area contributed by atoms with Gasteiger partial charge in [-0.15, -0.1) is 0 Å². The molecule has 1 fully saturated rings. The predicted molar refractivity (Wildman–Crippen MR) is 136 cm³/mol. The molecule has 0 aliphatic carbocycles. The summed E-state index contributed by atoms with van der Waals surface area (Å²) in [6.45, 7) is 4.15. The lowest BCUT2D eigenvalue weighted by molar-refractivity contribution is -0.129. The van der Waals surface area contributed by atoms with E-state index in [1.165, 1.54) is 0 Å². The molecule has 0 bridgehead atoms. The minimum absolute atomic E-state index is 0.0115. The number of piperidine rings is 1. The van der Waals surface area contributed by atoms with Crippen molar-refractivity contribution in [2.24, 2.45) is 5.92 Å². The Morgan fingerprint density at radius 3 is 2.58 bits per heavy atom. The number of amides is 2. The van der Waals surface area contributed by atoms with Gasteiger partial charge in [-0.05, 0) is 56.2 Å². The van der Waals surface area contributed by atoms with Crippen LogP contribution in [0.15, 0.2) is 66.7 Å². The van der Waals surface area contributed by atoms with Crippen LogP contribution in [0.25, 0.3) is 0 Å². The Morgan fingerprint density at radius 1 is 1.06 bits per heavy atom. The Kier molecular flexibility index (Phi) is 6.55. The van der Waals surface area contributed by atoms with Crippen LogP contribution in [0, 0.1) is 12.8 Å². The van der Waals surface area contributed by atoms with Gasteiger partial charge in [0.05, 0.1) is 25.1 Å². The third kappa shape index (κ3) is 4.49. The molecule has 3 aromatic rings. The van der Waals surface area contributed by atoms with E-state index in [-0.39, 0.29) is 31.1 Å². The van der Waals surface area contributed by atoms with Crippen molar-refractivity contribution < 1.29 is 23.8 Å². The maximum atomic E-state index is 13.8. The van der Waals surface area contributed by atoms with E-state index in [1.807, 2.05) is 80.6 Å². The number of benzene rings is 3. The zero-order valence-corrected chi connectivity index (χ0v) is 20.7. The summed E-state index contributed by atoms with van der Waals surface area (Å²) in [5, 5.41) is 3.18. The normalized spacial score (nSPS) is 19.6. The molecule has 1 saturated heterocycles. The Balaban J connectivity index is 1.49. The third-order valence-corrected chi connectivity index (χ3v) is 6.96. The van der Waals surface area contributed by atoms with Crippen molar-refractivity contribution in [2.45, 2.75) is 38.8 Å². The lowest BCUT2D eigenvalue weighted by atomic mass is 9.82. The van der Waals surface area contributed by atoms with E-state index < -0.39 is 12.0 Å². The molecule has 0 saturated carbocycles. The number of methoxy groups -OCH3 is 1. The van der Waals surface area contributed by atoms with Gasteiger partial charge in [0, 0.05) is 17.7 Å². The van der Waals surface area contributed by atoms with Crippen LogP contribution in [0.5, 0.6) is 17.2 Å². The van der Waals surface area contributed by atoms with E-state index in [2.05, 4.69) is 5.32 Å². The number of carbonyl (C=O) groups is 2. The Hall–Kier alpha value is -4.00. The first-order valence-corrected chi connectivity index (χ1v) is 12.2. The Morgan fingerprint density at radius 2 is 1.81 bits per heavy atom. The Bertz CT molecular complexity index is 1270. The van der Waals surface area contributed by atoms with Gasteiger partial charge in [0.1, 0.15) is 5.75 Å². The number of carbonyl (C=O) groups excluding carboxylic acids is 2. The third-order valence-electron chi connectivity index (χ3n) is 6.96. The first-order chi connectivity index (χ1) is 17.5. The number of rotatable bonds is 6. The SMILES string of the molecule is COc1ccccc1C1C(C(=O)NC(C)c2ccc3c(c2)OCO3)CCC(=O)N1c1ccc(C)cc1. The van der Waals surface area contributed by atoms with Crippen LogP contribution in [-0.2, 0) is 9.59 Å². The van der Waals surface area contributed by atoms with Crippen molar-refractivity contribution in [1.29, 1.82) is 0 Å². The second-order valence-electron chi connectivity index (χ2n) is 9.27. The molecule has 7 heteroatoms. The smallest absolute Gasteiger partial charge is 0.231 e. The minimum atomic E-state index is -0.505. The van der Waals surface area contributed by atoms with Gasteiger partial charge in [0.2, 0.25) is 18.6 Å². The van der Waals surface area contributed by atoms with Gasteiger partial charge in [0.15, 0.2) is 11.5 Å². The summed E-state index contributed by atoms with van der Waals surface area (Å²) < 4.78 is 16.6. The lowest BCUT2D eigenvalue weighted by Crippen LogP contribution is -2.48. The molecule has 2 aliphatic rings. The maximum absolute atomic E-state index is 13.8. The predicted octanol–water partition coefficient (Wildman–Crippen LogP) is 5.09. The fraction of sp³-hybridized carbons (Fsp3) is 0.310. The molecule has 0 aromatic heterocycles. The molecule has 2 amide bonds. The van der Waals surface area contributed by atoms with Crippen molar-refractivity contribution in [3.05, 3.63) is 83.4 Å². The Labute approximate surface area is 211 Å². The van der Waals surface area contributed by atoms with Crippen LogP contribution in [0.2, 0.25) is 0 Å². The van der Waals surface area contributed by atoms with Gasteiger partial charge in [0.25, 0.3) is 0 Å². The number of aryl methyl sites for hydroxylation is 1. The highest BCUT2D eigenvalue weighted by Crippen LogP contribution is 2.43. The van der Waals surface area contributed by atoms with E-state index in [0.29, 0.717) is 23.7 Å². The van der Waals surface area contributed by atoms with Crippen LogP contribution in [-0.4, -0.2) is 25.7 Å². The van der Waals surface area contributed by atoms with Gasteiger partial charge >= 0.3 is 0 Å².